The van der Waals surface area contributed by atoms with Crippen LogP contribution in [0.25, 0.3) is 11.4 Å². The Morgan fingerprint density at radius 3 is 2.77 bits per heavy atom. The van der Waals surface area contributed by atoms with Crippen molar-refractivity contribution in [2.75, 3.05) is 29.1 Å². The number of rotatable bonds is 4. The molecule has 0 unspecified atom stereocenters. The van der Waals surface area contributed by atoms with Crippen molar-refractivity contribution in [2.24, 2.45) is 0 Å². The number of hydrogen-bond donors (Lipinski definition) is 2. The molecule has 2 N–H and O–H groups in total. The average Bonchev–Trinajstić information content (AvgIpc) is 3.35. The fourth-order valence-electron chi connectivity index (χ4n) is 3.01. The van der Waals surface area contributed by atoms with E-state index in [0.717, 1.165) is 41.4 Å². The maximum absolute atomic E-state index is 13.1. The van der Waals surface area contributed by atoms with E-state index in [1.807, 2.05) is 6.07 Å². The average molecular weight is 434 g/mol. The van der Waals surface area contributed by atoms with Crippen LogP contribution in [0.2, 0.25) is 0 Å². The Kier molecular flexibility index (Phi) is 5.06. The minimum absolute atomic E-state index is 0.0100. The number of nitrogens with zero attached hydrogens (tertiary/aromatic N) is 4. The number of carbonyl (C=O) groups is 1. The van der Waals surface area contributed by atoms with Gasteiger partial charge in [-0.3, -0.25) is 9.78 Å². The van der Waals surface area contributed by atoms with Crippen molar-refractivity contribution >= 4 is 39.6 Å². The molecule has 4 rings (SSSR count). The molecule has 0 aliphatic carbocycles. The molecule has 30 heavy (non-hydrogen) atoms. The number of anilines is 4. The lowest BCUT2D eigenvalue weighted by Gasteiger charge is -2.20. The van der Waals surface area contributed by atoms with Crippen molar-refractivity contribution < 1.29 is 18.0 Å². The molecule has 0 atom stereocenters. The lowest BCUT2D eigenvalue weighted by molar-refractivity contribution is -0.137. The number of hydrogen-bond acceptors (Lipinski definition) is 7. The molecule has 0 saturated heterocycles. The molecule has 11 heteroatoms. The van der Waals surface area contributed by atoms with Gasteiger partial charge >= 0.3 is 6.18 Å². The first kappa shape index (κ1) is 20.1. The van der Waals surface area contributed by atoms with Crippen molar-refractivity contribution in [1.82, 2.24) is 15.0 Å². The SMILES string of the molecule is CC(=O)N(C)c1cc(C(F)(F)F)cnc1Nc1nc(-c2cc3c(cn2)NCC3)cs1. The fourth-order valence-corrected chi connectivity index (χ4v) is 3.72. The molecule has 4 heterocycles. The third kappa shape index (κ3) is 3.92. The Morgan fingerprint density at radius 1 is 1.23 bits per heavy atom. The smallest absolute Gasteiger partial charge is 0.383 e. The van der Waals surface area contributed by atoms with E-state index in [1.165, 1.54) is 25.3 Å². The van der Waals surface area contributed by atoms with Gasteiger partial charge < -0.3 is 15.5 Å². The molecule has 3 aromatic rings. The van der Waals surface area contributed by atoms with E-state index >= 15 is 0 Å². The highest BCUT2D eigenvalue weighted by Crippen LogP contribution is 2.36. The van der Waals surface area contributed by atoms with Gasteiger partial charge in [-0.2, -0.15) is 13.2 Å². The maximum atomic E-state index is 13.1. The molecule has 1 aliphatic heterocycles. The molecule has 156 valence electrons. The van der Waals surface area contributed by atoms with Gasteiger partial charge in [0, 0.05) is 32.1 Å². The Hall–Kier alpha value is -3.21. The molecular weight excluding hydrogens is 417 g/mol. The summed E-state index contributed by atoms with van der Waals surface area (Å²) in [5.74, 6) is -0.317. The zero-order valence-corrected chi connectivity index (χ0v) is 16.9. The minimum atomic E-state index is -4.57. The van der Waals surface area contributed by atoms with Crippen LogP contribution in [0.15, 0.2) is 29.9 Å². The van der Waals surface area contributed by atoms with E-state index in [2.05, 4.69) is 25.6 Å². The number of pyridine rings is 2. The van der Waals surface area contributed by atoms with Gasteiger partial charge in [-0.1, -0.05) is 0 Å². The summed E-state index contributed by atoms with van der Waals surface area (Å²) in [6, 6.07) is 2.86. The summed E-state index contributed by atoms with van der Waals surface area (Å²) < 4.78 is 39.3. The molecule has 0 spiro atoms. The van der Waals surface area contributed by atoms with Crippen LogP contribution < -0.4 is 15.5 Å². The van der Waals surface area contributed by atoms with Gasteiger partial charge in [0.1, 0.15) is 5.69 Å². The number of nitrogens with one attached hydrogen (secondary N) is 2. The highest BCUT2D eigenvalue weighted by Gasteiger charge is 2.32. The maximum Gasteiger partial charge on any atom is 0.417 e. The third-order valence-electron chi connectivity index (χ3n) is 4.72. The van der Waals surface area contributed by atoms with Gasteiger partial charge in [0.25, 0.3) is 0 Å². The summed E-state index contributed by atoms with van der Waals surface area (Å²) in [6.45, 7) is 2.14. The topological polar surface area (TPSA) is 83.0 Å². The first-order chi connectivity index (χ1) is 14.2. The van der Waals surface area contributed by atoms with Crippen LogP contribution in [0.4, 0.5) is 35.5 Å². The summed E-state index contributed by atoms with van der Waals surface area (Å²) >= 11 is 1.27. The number of thiazole rings is 1. The molecule has 0 saturated carbocycles. The number of aromatic nitrogens is 3. The van der Waals surface area contributed by atoms with Gasteiger partial charge in [-0.15, -0.1) is 11.3 Å². The van der Waals surface area contributed by atoms with Gasteiger partial charge in [0.15, 0.2) is 10.9 Å². The van der Waals surface area contributed by atoms with E-state index in [4.69, 9.17) is 0 Å². The van der Waals surface area contributed by atoms with Crippen LogP contribution in [0.3, 0.4) is 0 Å². The van der Waals surface area contributed by atoms with E-state index in [0.29, 0.717) is 16.5 Å². The lowest BCUT2D eigenvalue weighted by Crippen LogP contribution is -2.24. The van der Waals surface area contributed by atoms with Gasteiger partial charge in [0.05, 0.1) is 28.8 Å². The normalized spacial score (nSPS) is 13.0. The summed E-state index contributed by atoms with van der Waals surface area (Å²) in [5.41, 5.74) is 2.60. The Morgan fingerprint density at radius 2 is 2.03 bits per heavy atom. The molecule has 3 aromatic heterocycles. The number of amides is 1. The second-order valence-electron chi connectivity index (χ2n) is 6.73. The van der Waals surface area contributed by atoms with Crippen molar-refractivity contribution in [3.63, 3.8) is 0 Å². The predicted molar refractivity (Wildman–Crippen MR) is 109 cm³/mol. The fraction of sp³-hybridized carbons (Fsp3) is 0.263. The molecule has 0 radical (unpaired) electrons. The largest absolute Gasteiger partial charge is 0.417 e. The quantitative estimate of drug-likeness (QED) is 0.637. The van der Waals surface area contributed by atoms with Crippen molar-refractivity contribution in [1.29, 1.82) is 0 Å². The number of carbonyl (C=O) groups excluding carboxylic acids is 1. The van der Waals surface area contributed by atoms with E-state index in [9.17, 15) is 18.0 Å². The van der Waals surface area contributed by atoms with E-state index < -0.39 is 17.6 Å². The summed E-state index contributed by atoms with van der Waals surface area (Å²) in [5, 5.41) is 8.40. The number of alkyl halides is 3. The highest BCUT2D eigenvalue weighted by atomic mass is 32.1. The second-order valence-corrected chi connectivity index (χ2v) is 7.59. The summed E-state index contributed by atoms with van der Waals surface area (Å²) in [6.07, 6.45) is -1.17. The van der Waals surface area contributed by atoms with Crippen LogP contribution in [-0.2, 0) is 17.4 Å². The van der Waals surface area contributed by atoms with Crippen LogP contribution in [0.5, 0.6) is 0 Å². The standard InChI is InChI=1S/C19H17F3N6OS/c1-10(29)28(2)16-6-12(19(20,21)22)7-25-17(16)27-18-26-15(9-30-18)13-5-11-3-4-23-14(11)8-24-13/h5-9,23H,3-4H2,1-2H3,(H,25,26,27). The third-order valence-corrected chi connectivity index (χ3v) is 5.48. The Bertz CT molecular complexity index is 1110. The van der Waals surface area contributed by atoms with Gasteiger partial charge in [-0.05, 0) is 24.1 Å². The zero-order chi connectivity index (χ0) is 21.5. The first-order valence-corrected chi connectivity index (χ1v) is 9.87. The van der Waals surface area contributed by atoms with Crippen molar-refractivity contribution in [2.45, 2.75) is 19.5 Å². The molecule has 0 fully saturated rings. The van der Waals surface area contributed by atoms with Crippen LogP contribution in [-0.4, -0.2) is 34.5 Å². The monoisotopic (exact) mass is 434 g/mol. The highest BCUT2D eigenvalue weighted by molar-refractivity contribution is 7.14. The Labute approximate surface area is 174 Å². The van der Waals surface area contributed by atoms with Gasteiger partial charge in [0.2, 0.25) is 5.91 Å². The molecule has 7 nitrogen and oxygen atoms in total. The summed E-state index contributed by atoms with van der Waals surface area (Å²) in [7, 11) is 1.39. The van der Waals surface area contributed by atoms with E-state index in [1.54, 1.807) is 11.6 Å². The van der Waals surface area contributed by atoms with Crippen LogP contribution in [0.1, 0.15) is 18.1 Å². The van der Waals surface area contributed by atoms with Crippen LogP contribution >= 0.6 is 11.3 Å². The van der Waals surface area contributed by atoms with Gasteiger partial charge in [-0.25, -0.2) is 9.97 Å². The second kappa shape index (κ2) is 7.56. The lowest BCUT2D eigenvalue weighted by atomic mass is 10.1. The van der Waals surface area contributed by atoms with Crippen LogP contribution in [0, 0.1) is 0 Å². The predicted octanol–water partition coefficient (Wildman–Crippen LogP) is 4.31. The molecule has 0 aromatic carbocycles. The molecular formula is C19H17F3N6OS. The Balaban J connectivity index is 1.64. The van der Waals surface area contributed by atoms with Crippen molar-refractivity contribution in [3.05, 3.63) is 41.0 Å². The number of fused-ring (bicyclic) bond motifs is 1. The first-order valence-electron chi connectivity index (χ1n) is 8.99. The molecule has 1 amide bonds. The molecule has 1 aliphatic rings. The number of halogens is 3. The minimum Gasteiger partial charge on any atom is -0.383 e. The van der Waals surface area contributed by atoms with Crippen molar-refractivity contribution in [3.8, 4) is 11.4 Å². The summed E-state index contributed by atoms with van der Waals surface area (Å²) in [4.78, 5) is 25.6. The molecule has 0 bridgehead atoms. The van der Waals surface area contributed by atoms with E-state index in [-0.39, 0.29) is 11.5 Å². The zero-order valence-electron chi connectivity index (χ0n) is 16.0.